The van der Waals surface area contributed by atoms with Crippen LogP contribution in [0.5, 0.6) is 0 Å². The number of alkyl halides is 3. The summed E-state index contributed by atoms with van der Waals surface area (Å²) in [6.07, 6.45) is 1.51. The Morgan fingerprint density at radius 2 is 1.97 bits per heavy atom. The zero-order valence-electron chi connectivity index (χ0n) is 20.3. The van der Waals surface area contributed by atoms with Crippen molar-refractivity contribution < 1.29 is 22.5 Å². The Hall–Kier alpha value is -5.07. The van der Waals surface area contributed by atoms with Crippen LogP contribution in [0.1, 0.15) is 32.7 Å². The van der Waals surface area contributed by atoms with Crippen molar-refractivity contribution in [2.75, 3.05) is 28.6 Å². The summed E-state index contributed by atoms with van der Waals surface area (Å²) in [6.45, 7) is 3.11. The molecule has 5 heterocycles. The lowest BCUT2D eigenvalue weighted by Gasteiger charge is -2.28. The number of amides is 1. The van der Waals surface area contributed by atoms with Gasteiger partial charge in [0.05, 0.1) is 18.3 Å². The van der Waals surface area contributed by atoms with Gasteiger partial charge in [0.25, 0.3) is 5.91 Å². The van der Waals surface area contributed by atoms with E-state index in [4.69, 9.17) is 9.52 Å². The molecule has 10 nitrogen and oxygen atoms in total. The number of aryl methyl sites for hydroxylation is 1. The largest absolute Gasteiger partial charge is 0.416 e. The number of nitrogens with one attached hydrogen (secondary N) is 2. The van der Waals surface area contributed by atoms with E-state index in [0.717, 1.165) is 46.4 Å². The van der Waals surface area contributed by atoms with E-state index >= 15 is 0 Å². The second-order valence-corrected chi connectivity index (χ2v) is 8.80. The van der Waals surface area contributed by atoms with Crippen molar-refractivity contribution in [2.24, 2.45) is 4.99 Å². The number of hydrogen-bond donors (Lipinski definition) is 2. The van der Waals surface area contributed by atoms with Crippen LogP contribution in [0.25, 0.3) is 11.6 Å². The topological polar surface area (TPSA) is 121 Å². The molecule has 0 unspecified atom stereocenters. The van der Waals surface area contributed by atoms with Crippen molar-refractivity contribution in [3.05, 3.63) is 82.9 Å². The number of pyridine rings is 1. The first-order valence-corrected chi connectivity index (χ1v) is 11.8. The quantitative estimate of drug-likeness (QED) is 0.370. The fourth-order valence-electron chi connectivity index (χ4n) is 4.37. The Morgan fingerprint density at radius 1 is 1.10 bits per heavy atom. The molecule has 0 spiro atoms. The SMILES string of the molecule is Cc1ccc(NC(=O)c2cc(C(F)(F)F)ccn2)cc1C1=Cc2cnc(Nc3ccno3)nc2N2CCN=C12. The highest BCUT2D eigenvalue weighted by atomic mass is 19.4. The van der Waals surface area contributed by atoms with Gasteiger partial charge < -0.3 is 14.7 Å². The number of amidine groups is 1. The van der Waals surface area contributed by atoms with Crippen molar-refractivity contribution in [1.82, 2.24) is 20.1 Å². The van der Waals surface area contributed by atoms with Gasteiger partial charge >= 0.3 is 6.18 Å². The Morgan fingerprint density at radius 3 is 2.77 bits per heavy atom. The summed E-state index contributed by atoms with van der Waals surface area (Å²) in [5.74, 6) is 1.41. The van der Waals surface area contributed by atoms with Crippen LogP contribution < -0.4 is 15.5 Å². The third-order valence-corrected chi connectivity index (χ3v) is 6.21. The van der Waals surface area contributed by atoms with Crippen molar-refractivity contribution in [3.8, 4) is 0 Å². The number of aliphatic imine (C=N–C) groups is 1. The van der Waals surface area contributed by atoms with Gasteiger partial charge in [-0.3, -0.25) is 20.1 Å². The molecule has 4 aromatic rings. The summed E-state index contributed by atoms with van der Waals surface area (Å²) in [7, 11) is 0. The van der Waals surface area contributed by atoms with E-state index in [2.05, 4.69) is 30.7 Å². The molecule has 0 atom stereocenters. The number of benzene rings is 1. The van der Waals surface area contributed by atoms with E-state index in [1.54, 1.807) is 24.4 Å². The van der Waals surface area contributed by atoms with Gasteiger partial charge in [-0.25, -0.2) is 4.98 Å². The zero-order chi connectivity index (χ0) is 27.1. The van der Waals surface area contributed by atoms with Crippen molar-refractivity contribution in [2.45, 2.75) is 13.1 Å². The Kier molecular flexibility index (Phi) is 5.82. The highest BCUT2D eigenvalue weighted by Crippen LogP contribution is 2.37. The first-order valence-electron chi connectivity index (χ1n) is 11.8. The molecule has 196 valence electrons. The number of aromatic nitrogens is 4. The van der Waals surface area contributed by atoms with E-state index in [1.165, 1.54) is 6.20 Å². The van der Waals surface area contributed by atoms with Gasteiger partial charge in [0.2, 0.25) is 11.8 Å². The van der Waals surface area contributed by atoms with Crippen LogP contribution in [-0.2, 0) is 6.18 Å². The fraction of sp³-hybridized carbons (Fsp3) is 0.154. The van der Waals surface area contributed by atoms with Crippen LogP contribution >= 0.6 is 0 Å². The number of halogens is 3. The molecule has 2 N–H and O–H groups in total. The van der Waals surface area contributed by atoms with E-state index in [0.29, 0.717) is 36.4 Å². The first-order chi connectivity index (χ1) is 18.8. The average molecular weight is 532 g/mol. The maximum Gasteiger partial charge on any atom is 0.416 e. The second kappa shape index (κ2) is 9.35. The highest BCUT2D eigenvalue weighted by molar-refractivity contribution is 6.36. The third-order valence-electron chi connectivity index (χ3n) is 6.21. The Bertz CT molecular complexity index is 1650. The third kappa shape index (κ3) is 4.69. The summed E-state index contributed by atoms with van der Waals surface area (Å²) in [6, 6.07) is 8.46. The number of carbonyl (C=O) groups is 1. The normalized spacial score (nSPS) is 14.3. The lowest BCUT2D eigenvalue weighted by Crippen LogP contribution is -2.32. The molecule has 6 rings (SSSR count). The monoisotopic (exact) mass is 532 g/mol. The van der Waals surface area contributed by atoms with E-state index in [-0.39, 0.29) is 5.69 Å². The van der Waals surface area contributed by atoms with Gasteiger partial charge in [-0.05, 0) is 48.4 Å². The Labute approximate surface area is 219 Å². The Balaban J connectivity index is 1.31. The van der Waals surface area contributed by atoms with Crippen molar-refractivity contribution in [3.63, 3.8) is 0 Å². The summed E-state index contributed by atoms with van der Waals surface area (Å²) < 4.78 is 44.3. The van der Waals surface area contributed by atoms with E-state index in [9.17, 15) is 18.0 Å². The molecule has 1 aromatic carbocycles. The summed E-state index contributed by atoms with van der Waals surface area (Å²) in [5.41, 5.74) is 2.42. The number of fused-ring (bicyclic) bond motifs is 3. The van der Waals surface area contributed by atoms with E-state index < -0.39 is 17.6 Å². The van der Waals surface area contributed by atoms with Crippen LogP contribution in [0.15, 0.2) is 64.5 Å². The van der Waals surface area contributed by atoms with Crippen LogP contribution in [0.3, 0.4) is 0 Å². The molecule has 0 aliphatic carbocycles. The second-order valence-electron chi connectivity index (χ2n) is 8.80. The van der Waals surface area contributed by atoms with Gasteiger partial charge in [0.1, 0.15) is 17.3 Å². The maximum absolute atomic E-state index is 13.1. The summed E-state index contributed by atoms with van der Waals surface area (Å²) >= 11 is 0. The number of hydrogen-bond acceptors (Lipinski definition) is 9. The number of carbonyl (C=O) groups excluding carboxylic acids is 1. The molecule has 0 radical (unpaired) electrons. The lowest BCUT2D eigenvalue weighted by molar-refractivity contribution is -0.137. The molecule has 1 amide bonds. The minimum absolute atomic E-state index is 0.337. The predicted octanol–water partition coefficient (Wildman–Crippen LogP) is 4.96. The smallest absolute Gasteiger partial charge is 0.338 e. The van der Waals surface area contributed by atoms with Gasteiger partial charge in [0, 0.05) is 41.8 Å². The highest BCUT2D eigenvalue weighted by Gasteiger charge is 2.32. The molecule has 2 aliphatic heterocycles. The minimum atomic E-state index is -4.58. The molecule has 3 aromatic heterocycles. The van der Waals surface area contributed by atoms with Crippen molar-refractivity contribution in [1.29, 1.82) is 0 Å². The molecule has 13 heteroatoms. The van der Waals surface area contributed by atoms with Gasteiger partial charge in [-0.2, -0.15) is 18.2 Å². The summed E-state index contributed by atoms with van der Waals surface area (Å²) in [5, 5.41) is 9.28. The number of rotatable bonds is 5. The van der Waals surface area contributed by atoms with Crippen LogP contribution in [0, 0.1) is 6.92 Å². The molecule has 0 bridgehead atoms. The standard InChI is InChI=1S/C26H19F3N8O2/c1-14-2-3-17(34-24(38)20-11-16(4-6-30-20)26(27,28)29)12-18(14)19-10-15-13-32-25(35-21-5-7-33-39-21)36-22(15)37-9-8-31-23(19)37/h2-7,10-13H,8-9H2,1H3,(H,34,38)(H,32,35,36). The van der Waals surface area contributed by atoms with Crippen molar-refractivity contribution >= 4 is 46.7 Å². The molecule has 0 saturated carbocycles. The molecule has 0 saturated heterocycles. The lowest BCUT2D eigenvalue weighted by atomic mass is 9.94. The first kappa shape index (κ1) is 24.3. The van der Waals surface area contributed by atoms with Gasteiger partial charge in [0.15, 0.2) is 0 Å². The molecule has 39 heavy (non-hydrogen) atoms. The minimum Gasteiger partial charge on any atom is -0.338 e. The predicted molar refractivity (Wildman–Crippen MR) is 138 cm³/mol. The van der Waals surface area contributed by atoms with Crippen LogP contribution in [0.2, 0.25) is 0 Å². The molecule has 2 aliphatic rings. The number of anilines is 4. The maximum atomic E-state index is 13.1. The van der Waals surface area contributed by atoms with Gasteiger partial charge in [-0.1, -0.05) is 11.2 Å². The van der Waals surface area contributed by atoms with E-state index in [1.807, 2.05) is 24.0 Å². The molecule has 0 fully saturated rings. The molecular formula is C26H19F3N8O2. The van der Waals surface area contributed by atoms with Crippen LogP contribution in [-0.4, -0.2) is 44.9 Å². The summed E-state index contributed by atoms with van der Waals surface area (Å²) in [4.78, 5) is 32.2. The molecular weight excluding hydrogens is 513 g/mol. The fourth-order valence-corrected chi connectivity index (χ4v) is 4.37. The number of nitrogens with zero attached hydrogens (tertiary/aromatic N) is 6. The van der Waals surface area contributed by atoms with Gasteiger partial charge in [-0.15, -0.1) is 0 Å². The zero-order valence-corrected chi connectivity index (χ0v) is 20.3. The average Bonchev–Trinajstić information content (AvgIpc) is 3.62. The van der Waals surface area contributed by atoms with Crippen LogP contribution in [0.4, 0.5) is 36.5 Å².